The number of nitrogens with one attached hydrogen (secondary N) is 2. The highest BCUT2D eigenvalue weighted by atomic mass is 32.2. The third-order valence-corrected chi connectivity index (χ3v) is 6.70. The number of amides is 1. The molecule has 0 radical (unpaired) electrons. The SMILES string of the molecule is CNC(=O)c1ccc(C(CNc2cc(-c3cnc4c(ccn4CCO)c3)ncn2)CSC)c(OC)c1. The third-order valence-electron chi connectivity index (χ3n) is 5.96. The molecule has 1 atom stereocenters. The molecule has 1 amide bonds. The van der Waals surface area contributed by atoms with E-state index in [0.29, 0.717) is 30.2 Å². The summed E-state index contributed by atoms with van der Waals surface area (Å²) in [5.74, 6) is 2.26. The van der Waals surface area contributed by atoms with E-state index in [1.807, 2.05) is 41.1 Å². The minimum Gasteiger partial charge on any atom is -0.496 e. The first-order chi connectivity index (χ1) is 17.6. The molecule has 1 unspecified atom stereocenters. The molecule has 0 saturated heterocycles. The van der Waals surface area contributed by atoms with Gasteiger partial charge in [-0.3, -0.25) is 4.79 Å². The van der Waals surface area contributed by atoms with Gasteiger partial charge in [-0.05, 0) is 36.1 Å². The van der Waals surface area contributed by atoms with Gasteiger partial charge in [-0.1, -0.05) is 6.07 Å². The summed E-state index contributed by atoms with van der Waals surface area (Å²) in [7, 11) is 3.23. The molecule has 0 spiro atoms. The van der Waals surface area contributed by atoms with Gasteiger partial charge in [-0.25, -0.2) is 15.0 Å². The van der Waals surface area contributed by atoms with Crippen LogP contribution in [0.1, 0.15) is 21.8 Å². The van der Waals surface area contributed by atoms with E-state index in [-0.39, 0.29) is 18.4 Å². The Morgan fingerprint density at radius 3 is 2.81 bits per heavy atom. The summed E-state index contributed by atoms with van der Waals surface area (Å²) in [4.78, 5) is 25.5. The average Bonchev–Trinajstić information content (AvgIpc) is 3.32. The van der Waals surface area contributed by atoms with Crippen LogP contribution in [-0.4, -0.2) is 69.9 Å². The van der Waals surface area contributed by atoms with Crippen molar-refractivity contribution in [2.45, 2.75) is 12.5 Å². The molecule has 3 aromatic heterocycles. The molecular formula is C26H30N6O3S. The Balaban J connectivity index is 1.53. The van der Waals surface area contributed by atoms with Crippen molar-refractivity contribution in [3.8, 4) is 17.0 Å². The zero-order chi connectivity index (χ0) is 25.5. The number of carbonyl (C=O) groups is 1. The number of ether oxygens (including phenoxy) is 1. The van der Waals surface area contributed by atoms with Crippen LogP contribution >= 0.6 is 11.8 Å². The highest BCUT2D eigenvalue weighted by molar-refractivity contribution is 7.98. The van der Waals surface area contributed by atoms with Crippen molar-refractivity contribution in [3.63, 3.8) is 0 Å². The number of aliphatic hydroxyl groups is 1. The number of benzene rings is 1. The molecule has 0 aliphatic heterocycles. The summed E-state index contributed by atoms with van der Waals surface area (Å²) < 4.78 is 7.55. The maximum absolute atomic E-state index is 12.0. The van der Waals surface area contributed by atoms with Crippen LogP contribution in [0, 0.1) is 0 Å². The summed E-state index contributed by atoms with van der Waals surface area (Å²) in [6.45, 7) is 1.21. The third kappa shape index (κ3) is 5.60. The molecule has 0 fully saturated rings. The molecule has 1 aromatic carbocycles. The van der Waals surface area contributed by atoms with E-state index >= 15 is 0 Å². The number of aromatic nitrogens is 4. The number of carbonyl (C=O) groups excluding carboxylic acids is 1. The maximum Gasteiger partial charge on any atom is 0.251 e. The van der Waals surface area contributed by atoms with Crippen molar-refractivity contribution in [1.29, 1.82) is 0 Å². The number of hydrogen-bond acceptors (Lipinski definition) is 8. The van der Waals surface area contributed by atoms with Gasteiger partial charge in [0.2, 0.25) is 0 Å². The van der Waals surface area contributed by atoms with Gasteiger partial charge in [0.1, 0.15) is 23.5 Å². The number of thioether (sulfide) groups is 1. The van der Waals surface area contributed by atoms with Gasteiger partial charge >= 0.3 is 0 Å². The second-order valence-corrected chi connectivity index (χ2v) is 9.14. The maximum atomic E-state index is 12.0. The van der Waals surface area contributed by atoms with Crippen LogP contribution in [0.15, 0.2) is 55.1 Å². The first kappa shape index (κ1) is 25.5. The van der Waals surface area contributed by atoms with Gasteiger partial charge in [0, 0.05) is 66.8 Å². The number of hydrogen-bond donors (Lipinski definition) is 3. The summed E-state index contributed by atoms with van der Waals surface area (Å²) in [6.07, 6.45) is 7.32. The Morgan fingerprint density at radius 2 is 2.06 bits per heavy atom. The molecule has 36 heavy (non-hydrogen) atoms. The van der Waals surface area contributed by atoms with Crippen LogP contribution in [0.25, 0.3) is 22.3 Å². The first-order valence-electron chi connectivity index (χ1n) is 11.6. The zero-order valence-corrected chi connectivity index (χ0v) is 21.4. The number of aliphatic hydroxyl groups excluding tert-OH is 1. The van der Waals surface area contributed by atoms with Crippen LogP contribution in [0.2, 0.25) is 0 Å². The molecule has 10 heteroatoms. The van der Waals surface area contributed by atoms with Crippen LogP contribution in [0.3, 0.4) is 0 Å². The molecule has 0 aliphatic rings. The Hall–Kier alpha value is -3.63. The van der Waals surface area contributed by atoms with E-state index in [9.17, 15) is 9.90 Å². The summed E-state index contributed by atoms with van der Waals surface area (Å²) in [5.41, 5.74) is 4.08. The lowest BCUT2D eigenvalue weighted by Gasteiger charge is -2.20. The van der Waals surface area contributed by atoms with Gasteiger partial charge in [-0.2, -0.15) is 11.8 Å². The highest BCUT2D eigenvalue weighted by Gasteiger charge is 2.18. The van der Waals surface area contributed by atoms with Crippen LogP contribution < -0.4 is 15.4 Å². The Kier molecular flexibility index (Phi) is 8.40. The number of rotatable bonds is 11. The van der Waals surface area contributed by atoms with Crippen molar-refractivity contribution in [1.82, 2.24) is 24.8 Å². The smallest absolute Gasteiger partial charge is 0.251 e. The number of anilines is 1. The van der Waals surface area contributed by atoms with Gasteiger partial charge < -0.3 is 25.0 Å². The normalized spacial score (nSPS) is 11.9. The fourth-order valence-electron chi connectivity index (χ4n) is 4.14. The van der Waals surface area contributed by atoms with E-state index in [2.05, 4.69) is 31.8 Å². The number of pyridine rings is 1. The Labute approximate surface area is 214 Å². The molecule has 9 nitrogen and oxygen atoms in total. The minimum atomic E-state index is -0.148. The fourth-order valence-corrected chi connectivity index (χ4v) is 4.84. The van der Waals surface area contributed by atoms with E-state index in [4.69, 9.17) is 4.74 Å². The topological polar surface area (TPSA) is 114 Å². The number of methoxy groups -OCH3 is 1. The molecule has 4 rings (SSSR count). The lowest BCUT2D eigenvalue weighted by molar-refractivity contribution is 0.0962. The highest BCUT2D eigenvalue weighted by Crippen LogP contribution is 2.31. The molecule has 3 heterocycles. The quantitative estimate of drug-likeness (QED) is 0.284. The van der Waals surface area contributed by atoms with Crippen LogP contribution in [0.5, 0.6) is 5.75 Å². The van der Waals surface area contributed by atoms with E-state index in [1.54, 1.807) is 44.5 Å². The van der Waals surface area contributed by atoms with Crippen molar-refractivity contribution >= 4 is 34.5 Å². The Morgan fingerprint density at radius 1 is 1.19 bits per heavy atom. The minimum absolute atomic E-state index is 0.0653. The van der Waals surface area contributed by atoms with Gasteiger partial charge in [0.15, 0.2) is 0 Å². The molecule has 0 bridgehead atoms. The molecule has 3 N–H and O–H groups in total. The fraction of sp³-hybridized carbons (Fsp3) is 0.308. The van der Waals surface area contributed by atoms with Gasteiger partial charge in [-0.15, -0.1) is 0 Å². The largest absolute Gasteiger partial charge is 0.496 e. The predicted molar refractivity (Wildman–Crippen MR) is 144 cm³/mol. The lowest BCUT2D eigenvalue weighted by Crippen LogP contribution is -2.19. The predicted octanol–water partition coefficient (Wildman–Crippen LogP) is 3.41. The van der Waals surface area contributed by atoms with Gasteiger partial charge in [0.25, 0.3) is 5.91 Å². The zero-order valence-electron chi connectivity index (χ0n) is 20.6. The lowest BCUT2D eigenvalue weighted by atomic mass is 9.98. The van der Waals surface area contributed by atoms with Crippen LogP contribution in [-0.2, 0) is 6.54 Å². The number of nitrogens with zero attached hydrogens (tertiary/aromatic N) is 4. The Bertz CT molecular complexity index is 1340. The molecule has 188 valence electrons. The van der Waals surface area contributed by atoms with Crippen molar-refractivity contribution in [3.05, 3.63) is 66.2 Å². The van der Waals surface area contributed by atoms with Gasteiger partial charge in [0.05, 0.1) is 19.4 Å². The monoisotopic (exact) mass is 506 g/mol. The van der Waals surface area contributed by atoms with Crippen molar-refractivity contribution in [2.24, 2.45) is 0 Å². The van der Waals surface area contributed by atoms with E-state index in [1.165, 1.54) is 0 Å². The summed E-state index contributed by atoms with van der Waals surface area (Å²) >= 11 is 1.75. The standard InChI is InChI=1S/C26H30N6O3S/c1-27-26(34)18-4-5-21(23(11-18)35-2)20(15-36-3)14-28-24-12-22(30-16-31-24)19-10-17-6-7-32(8-9-33)25(17)29-13-19/h4-7,10-13,16,20,33H,8-9,14-15H2,1-3H3,(H,27,34)(H,28,30,31). The van der Waals surface area contributed by atoms with Crippen molar-refractivity contribution < 1.29 is 14.6 Å². The number of fused-ring (bicyclic) bond motifs is 1. The second-order valence-electron chi connectivity index (χ2n) is 8.23. The molecule has 0 aliphatic carbocycles. The van der Waals surface area contributed by atoms with E-state index < -0.39 is 0 Å². The summed E-state index contributed by atoms with van der Waals surface area (Å²) in [5, 5.41) is 16.3. The molecule has 4 aromatic rings. The van der Waals surface area contributed by atoms with E-state index in [0.717, 1.165) is 33.6 Å². The van der Waals surface area contributed by atoms with Crippen LogP contribution in [0.4, 0.5) is 5.82 Å². The molecular weight excluding hydrogens is 476 g/mol. The molecule has 0 saturated carbocycles. The summed E-state index contributed by atoms with van der Waals surface area (Å²) in [6, 6.07) is 11.5. The van der Waals surface area contributed by atoms with Crippen molar-refractivity contribution in [2.75, 3.05) is 44.6 Å². The average molecular weight is 507 g/mol. The first-order valence-corrected chi connectivity index (χ1v) is 13.0. The second kappa shape index (κ2) is 11.9.